The van der Waals surface area contributed by atoms with Crippen LogP contribution >= 0.6 is 0 Å². The Morgan fingerprint density at radius 1 is 1.11 bits per heavy atom. The summed E-state index contributed by atoms with van der Waals surface area (Å²) in [6.07, 6.45) is 1.54. The maximum Gasteiger partial charge on any atom is 0.269 e. The van der Waals surface area contributed by atoms with Crippen LogP contribution in [0.4, 0.5) is 5.69 Å². The number of carbonyl (C=O) groups is 1. The lowest BCUT2D eigenvalue weighted by Crippen LogP contribution is -2.22. The van der Waals surface area contributed by atoms with E-state index in [2.05, 4.69) is 6.07 Å². The van der Waals surface area contributed by atoms with Crippen LogP contribution in [0.25, 0.3) is 23.0 Å². The second-order valence-electron chi connectivity index (χ2n) is 5.99. The van der Waals surface area contributed by atoms with Crippen molar-refractivity contribution in [1.82, 2.24) is 0 Å². The lowest BCUT2D eigenvalue weighted by atomic mass is 10.0. The first kappa shape index (κ1) is 18.6. The number of aryl methyl sites for hydroxylation is 1. The first-order valence-corrected chi connectivity index (χ1v) is 8.18. The fourth-order valence-electron chi connectivity index (χ4n) is 2.73. The fraction of sp³-hybridized carbons (Fsp3) is 0.0476. The molecular formula is C21H13N2O5-. The lowest BCUT2D eigenvalue weighted by Gasteiger charge is -2.07. The van der Waals surface area contributed by atoms with E-state index in [1.54, 1.807) is 25.1 Å². The van der Waals surface area contributed by atoms with Gasteiger partial charge in [-0.3, -0.25) is 10.1 Å². The van der Waals surface area contributed by atoms with Gasteiger partial charge in [0.15, 0.2) is 0 Å². The summed E-state index contributed by atoms with van der Waals surface area (Å²) in [5, 5.41) is 31.1. The van der Waals surface area contributed by atoms with Gasteiger partial charge in [-0.25, -0.2) is 0 Å². The minimum Gasteiger partial charge on any atom is -0.545 e. The molecule has 1 aromatic heterocycles. The smallest absolute Gasteiger partial charge is 0.269 e. The zero-order chi connectivity index (χ0) is 20.3. The molecule has 1 heterocycles. The number of allylic oxidation sites excluding steroid dienone is 1. The van der Waals surface area contributed by atoms with E-state index in [-0.39, 0.29) is 11.3 Å². The molecule has 0 bridgehead atoms. The number of carbonyl (C=O) groups excluding carboxylic acids is 1. The van der Waals surface area contributed by atoms with Gasteiger partial charge < -0.3 is 14.3 Å². The molecule has 0 N–H and O–H groups in total. The average Bonchev–Trinajstić information content (AvgIpc) is 3.14. The van der Waals surface area contributed by atoms with E-state index in [0.29, 0.717) is 28.2 Å². The maximum atomic E-state index is 10.9. The van der Waals surface area contributed by atoms with E-state index in [9.17, 15) is 25.3 Å². The van der Waals surface area contributed by atoms with Crippen LogP contribution in [0, 0.1) is 28.4 Å². The van der Waals surface area contributed by atoms with Crippen LogP contribution in [-0.4, -0.2) is 10.9 Å². The summed E-state index contributed by atoms with van der Waals surface area (Å²) in [7, 11) is 0. The van der Waals surface area contributed by atoms with Crippen molar-refractivity contribution in [3.05, 3.63) is 87.2 Å². The third-order valence-corrected chi connectivity index (χ3v) is 4.15. The number of hydrogen-bond acceptors (Lipinski definition) is 6. The Balaban J connectivity index is 1.91. The largest absolute Gasteiger partial charge is 0.545 e. The molecular weight excluding hydrogens is 360 g/mol. The molecule has 3 aromatic rings. The molecule has 0 amide bonds. The highest BCUT2D eigenvalue weighted by Crippen LogP contribution is 2.28. The van der Waals surface area contributed by atoms with Crippen LogP contribution in [0.15, 0.2) is 59.0 Å². The molecule has 0 fully saturated rings. The lowest BCUT2D eigenvalue weighted by molar-refractivity contribution is -0.384. The van der Waals surface area contributed by atoms with E-state index < -0.39 is 10.9 Å². The van der Waals surface area contributed by atoms with Crippen molar-refractivity contribution in [2.75, 3.05) is 0 Å². The van der Waals surface area contributed by atoms with E-state index in [1.807, 2.05) is 0 Å². The van der Waals surface area contributed by atoms with Crippen molar-refractivity contribution >= 4 is 23.3 Å². The Bertz CT molecular complexity index is 1130. The van der Waals surface area contributed by atoms with E-state index in [1.165, 1.54) is 42.5 Å². The zero-order valence-electron chi connectivity index (χ0n) is 14.7. The molecule has 0 saturated carbocycles. The first-order chi connectivity index (χ1) is 13.4. The molecule has 0 aliphatic carbocycles. The predicted octanol–water partition coefficient (Wildman–Crippen LogP) is 3.59. The van der Waals surface area contributed by atoms with Crippen molar-refractivity contribution in [3.63, 3.8) is 0 Å². The zero-order valence-corrected chi connectivity index (χ0v) is 14.7. The van der Waals surface area contributed by atoms with Crippen LogP contribution in [0.1, 0.15) is 27.2 Å². The first-order valence-electron chi connectivity index (χ1n) is 8.18. The van der Waals surface area contributed by atoms with Crippen LogP contribution in [0.5, 0.6) is 0 Å². The van der Waals surface area contributed by atoms with Crippen molar-refractivity contribution in [2.24, 2.45) is 0 Å². The predicted molar refractivity (Wildman–Crippen MR) is 99.8 cm³/mol. The van der Waals surface area contributed by atoms with Gasteiger partial charge in [0, 0.05) is 17.7 Å². The molecule has 0 radical (unpaired) electrons. The van der Waals surface area contributed by atoms with E-state index in [0.717, 1.165) is 5.56 Å². The van der Waals surface area contributed by atoms with Gasteiger partial charge in [0.2, 0.25) is 0 Å². The molecule has 0 aliphatic rings. The van der Waals surface area contributed by atoms with E-state index in [4.69, 9.17) is 4.42 Å². The number of rotatable bonds is 5. The third-order valence-electron chi connectivity index (χ3n) is 4.15. The molecule has 0 unspecified atom stereocenters. The summed E-state index contributed by atoms with van der Waals surface area (Å²) in [5.41, 5.74) is 2.27. The highest BCUT2D eigenvalue weighted by molar-refractivity contribution is 5.89. The second-order valence-corrected chi connectivity index (χ2v) is 5.99. The highest BCUT2D eigenvalue weighted by atomic mass is 16.6. The number of nitro benzene ring substituents is 1. The highest BCUT2D eigenvalue weighted by Gasteiger charge is 2.10. The molecule has 28 heavy (non-hydrogen) atoms. The Morgan fingerprint density at radius 3 is 2.36 bits per heavy atom. The van der Waals surface area contributed by atoms with Gasteiger partial charge in [-0.1, -0.05) is 12.1 Å². The van der Waals surface area contributed by atoms with Gasteiger partial charge in [-0.15, -0.1) is 0 Å². The maximum absolute atomic E-state index is 10.9. The van der Waals surface area contributed by atoms with Crippen LogP contribution in [0.2, 0.25) is 0 Å². The SMILES string of the molecule is Cc1cc(C(=O)[O-])ccc1-c1ccc(/C=C(/C#N)c2ccc([N+](=O)[O-])cc2)o1. The Kier molecular flexibility index (Phi) is 5.05. The molecule has 2 aromatic carbocycles. The number of nitriles is 1. The van der Waals surface area contributed by atoms with Crippen LogP contribution < -0.4 is 5.11 Å². The molecule has 138 valence electrons. The molecule has 0 atom stereocenters. The number of furan rings is 1. The minimum absolute atomic E-state index is 0.0585. The number of hydrogen-bond donors (Lipinski definition) is 0. The second kappa shape index (κ2) is 7.60. The van der Waals surface area contributed by atoms with Gasteiger partial charge in [0.25, 0.3) is 5.69 Å². The summed E-state index contributed by atoms with van der Waals surface area (Å²) >= 11 is 0. The summed E-state index contributed by atoms with van der Waals surface area (Å²) in [5.74, 6) is -0.303. The molecule has 7 nitrogen and oxygen atoms in total. The summed E-state index contributed by atoms with van der Waals surface area (Å²) in [6, 6.07) is 15.7. The number of nitro groups is 1. The van der Waals surface area contributed by atoms with Crippen molar-refractivity contribution in [2.45, 2.75) is 6.92 Å². The van der Waals surface area contributed by atoms with Crippen molar-refractivity contribution < 1.29 is 19.2 Å². The fourth-order valence-corrected chi connectivity index (χ4v) is 2.73. The minimum atomic E-state index is -1.25. The van der Waals surface area contributed by atoms with Crippen molar-refractivity contribution in [3.8, 4) is 17.4 Å². The summed E-state index contributed by atoms with van der Waals surface area (Å²) in [4.78, 5) is 21.2. The van der Waals surface area contributed by atoms with Gasteiger partial charge in [0.1, 0.15) is 11.5 Å². The molecule has 0 spiro atoms. The standard InChI is InChI=1S/C21H14N2O5/c1-13-10-15(21(24)25)4-8-19(13)20-9-7-18(28-20)11-16(12-22)14-2-5-17(6-3-14)23(26)27/h2-11H,1H3,(H,24,25)/p-1/b16-11-. The average molecular weight is 373 g/mol. The molecule has 0 saturated heterocycles. The van der Waals surface area contributed by atoms with Gasteiger partial charge >= 0.3 is 0 Å². The molecule has 7 heteroatoms. The van der Waals surface area contributed by atoms with Crippen molar-refractivity contribution in [1.29, 1.82) is 5.26 Å². The van der Waals surface area contributed by atoms with Gasteiger partial charge in [0.05, 0.1) is 22.5 Å². The van der Waals surface area contributed by atoms with Gasteiger partial charge in [-0.05, 0) is 60.0 Å². The third kappa shape index (κ3) is 3.81. The summed E-state index contributed by atoms with van der Waals surface area (Å²) < 4.78 is 5.77. The Hall–Kier alpha value is -4.18. The topological polar surface area (TPSA) is 120 Å². The van der Waals surface area contributed by atoms with E-state index >= 15 is 0 Å². The number of nitrogens with zero attached hydrogens (tertiary/aromatic N) is 2. The Morgan fingerprint density at radius 2 is 1.79 bits per heavy atom. The summed E-state index contributed by atoms with van der Waals surface area (Å²) in [6.45, 7) is 1.76. The number of non-ortho nitro benzene ring substituents is 1. The number of aromatic carboxylic acids is 1. The molecule has 3 rings (SSSR count). The quantitative estimate of drug-likeness (QED) is 0.383. The molecule has 0 aliphatic heterocycles. The number of carboxylic acid groups (broad SMARTS) is 1. The number of benzene rings is 2. The van der Waals surface area contributed by atoms with Crippen LogP contribution in [0.3, 0.4) is 0 Å². The monoisotopic (exact) mass is 373 g/mol. The normalized spacial score (nSPS) is 11.1. The Labute approximate surface area is 159 Å². The van der Waals surface area contributed by atoms with Crippen LogP contribution in [-0.2, 0) is 0 Å². The van der Waals surface area contributed by atoms with Gasteiger partial charge in [-0.2, -0.15) is 5.26 Å². The number of carboxylic acids is 1.